The van der Waals surface area contributed by atoms with Crippen molar-refractivity contribution in [3.63, 3.8) is 0 Å². The summed E-state index contributed by atoms with van der Waals surface area (Å²) in [5, 5.41) is 8.94. The van der Waals surface area contributed by atoms with E-state index in [1.54, 1.807) is 6.20 Å². The molecule has 1 N–H and O–H groups in total. The van der Waals surface area contributed by atoms with Crippen molar-refractivity contribution < 1.29 is 9.90 Å². The molecule has 1 saturated heterocycles. The molecular weight excluding hydrogens is 202 g/mol. The van der Waals surface area contributed by atoms with Crippen LogP contribution in [0, 0.1) is 0 Å². The Kier molecular flexibility index (Phi) is 2.74. The molecule has 1 fully saturated rings. The molecule has 1 unspecified atom stereocenters. The first-order valence-electron chi connectivity index (χ1n) is 4.50. The van der Waals surface area contributed by atoms with Gasteiger partial charge in [-0.1, -0.05) is 0 Å². The van der Waals surface area contributed by atoms with E-state index in [1.807, 2.05) is 4.90 Å². The van der Waals surface area contributed by atoms with E-state index in [-0.39, 0.29) is 6.04 Å². The zero-order valence-corrected chi connectivity index (χ0v) is 8.40. The van der Waals surface area contributed by atoms with Crippen molar-refractivity contribution in [3.8, 4) is 0 Å². The Labute approximate surface area is 85.7 Å². The monoisotopic (exact) mass is 213 g/mol. The largest absolute Gasteiger partial charge is 0.480 e. The summed E-state index contributed by atoms with van der Waals surface area (Å²) in [5.74, 6) is -0.731. The van der Waals surface area contributed by atoms with Gasteiger partial charge in [-0.2, -0.15) is 8.75 Å². The lowest BCUT2D eigenvalue weighted by Crippen LogP contribution is -2.35. The molecule has 0 aromatic carbocycles. The van der Waals surface area contributed by atoms with Crippen LogP contribution < -0.4 is 0 Å². The summed E-state index contributed by atoms with van der Waals surface area (Å²) in [6.07, 6.45) is 3.39. The van der Waals surface area contributed by atoms with E-state index in [4.69, 9.17) is 5.11 Å². The molecule has 1 aliphatic rings. The average Bonchev–Trinajstić information content (AvgIpc) is 2.75. The third-order valence-electron chi connectivity index (χ3n) is 2.42. The lowest BCUT2D eigenvalue weighted by atomic mass is 10.2. The highest BCUT2D eigenvalue weighted by molar-refractivity contribution is 6.99. The smallest absolute Gasteiger partial charge is 0.320 e. The first-order valence-corrected chi connectivity index (χ1v) is 5.23. The van der Waals surface area contributed by atoms with Crippen LogP contribution in [0.5, 0.6) is 0 Å². The van der Waals surface area contributed by atoms with E-state index in [0.717, 1.165) is 36.8 Å². The standard InChI is InChI=1S/C8H11N3O2S/c12-8(13)7-2-1-3-11(7)5-6-4-9-14-10-6/h4,7H,1-3,5H2,(H,12,13). The SMILES string of the molecule is O=C(O)C1CCCN1Cc1cnsn1. The molecule has 76 valence electrons. The molecule has 0 bridgehead atoms. The number of aliphatic carboxylic acids is 1. The van der Waals surface area contributed by atoms with Crippen molar-refractivity contribution >= 4 is 17.7 Å². The summed E-state index contributed by atoms with van der Waals surface area (Å²) in [6.45, 7) is 1.45. The van der Waals surface area contributed by atoms with Crippen LogP contribution >= 0.6 is 11.7 Å². The van der Waals surface area contributed by atoms with E-state index in [9.17, 15) is 4.79 Å². The van der Waals surface area contributed by atoms with Gasteiger partial charge in [-0.15, -0.1) is 0 Å². The van der Waals surface area contributed by atoms with Crippen LogP contribution in [0.3, 0.4) is 0 Å². The lowest BCUT2D eigenvalue weighted by Gasteiger charge is -2.19. The molecule has 14 heavy (non-hydrogen) atoms. The van der Waals surface area contributed by atoms with E-state index in [1.165, 1.54) is 0 Å². The first kappa shape index (κ1) is 9.54. The van der Waals surface area contributed by atoms with Gasteiger partial charge in [0, 0.05) is 6.54 Å². The lowest BCUT2D eigenvalue weighted by molar-refractivity contribution is -0.142. The second-order valence-corrected chi connectivity index (χ2v) is 3.92. The highest BCUT2D eigenvalue weighted by Gasteiger charge is 2.30. The zero-order valence-electron chi connectivity index (χ0n) is 7.59. The second-order valence-electron chi connectivity index (χ2n) is 3.37. The Balaban J connectivity index is 2.00. The Hall–Kier alpha value is -1.01. The van der Waals surface area contributed by atoms with Gasteiger partial charge >= 0.3 is 5.97 Å². The Bertz CT molecular complexity index is 314. The average molecular weight is 213 g/mol. The fraction of sp³-hybridized carbons (Fsp3) is 0.625. The van der Waals surface area contributed by atoms with Gasteiger partial charge in [-0.25, -0.2) is 0 Å². The summed E-state index contributed by atoms with van der Waals surface area (Å²) >= 11 is 1.16. The minimum absolute atomic E-state index is 0.336. The van der Waals surface area contributed by atoms with Crippen LogP contribution in [-0.4, -0.2) is 37.3 Å². The van der Waals surface area contributed by atoms with Crippen LogP contribution in [0.25, 0.3) is 0 Å². The Morgan fingerprint density at radius 3 is 3.29 bits per heavy atom. The molecule has 2 heterocycles. The molecular formula is C8H11N3O2S. The molecule has 6 heteroatoms. The molecule has 1 atom stereocenters. The zero-order chi connectivity index (χ0) is 9.97. The maximum absolute atomic E-state index is 10.9. The number of hydrogen-bond donors (Lipinski definition) is 1. The highest BCUT2D eigenvalue weighted by atomic mass is 32.1. The summed E-state index contributed by atoms with van der Waals surface area (Å²) in [4.78, 5) is 12.8. The van der Waals surface area contributed by atoms with Gasteiger partial charge in [0.25, 0.3) is 0 Å². The van der Waals surface area contributed by atoms with Crippen LogP contribution in [0.1, 0.15) is 18.5 Å². The van der Waals surface area contributed by atoms with Gasteiger partial charge in [0.1, 0.15) is 6.04 Å². The number of nitrogens with zero attached hydrogens (tertiary/aromatic N) is 3. The molecule has 0 spiro atoms. The summed E-state index contributed by atoms with van der Waals surface area (Å²) in [6, 6.07) is -0.336. The van der Waals surface area contributed by atoms with Crippen molar-refractivity contribution in [2.75, 3.05) is 6.54 Å². The van der Waals surface area contributed by atoms with Crippen molar-refractivity contribution in [3.05, 3.63) is 11.9 Å². The number of carbonyl (C=O) groups is 1. The van der Waals surface area contributed by atoms with Crippen molar-refractivity contribution in [2.45, 2.75) is 25.4 Å². The summed E-state index contributed by atoms with van der Waals surface area (Å²) < 4.78 is 7.96. The fourth-order valence-electron chi connectivity index (χ4n) is 1.76. The first-order chi connectivity index (χ1) is 6.77. The Morgan fingerprint density at radius 2 is 2.64 bits per heavy atom. The minimum atomic E-state index is -0.731. The topological polar surface area (TPSA) is 66.3 Å². The van der Waals surface area contributed by atoms with Crippen molar-refractivity contribution in [1.29, 1.82) is 0 Å². The van der Waals surface area contributed by atoms with Gasteiger partial charge in [-0.3, -0.25) is 9.69 Å². The number of aromatic nitrogens is 2. The number of carboxylic acids is 1. The molecule has 0 aliphatic carbocycles. The molecule has 2 rings (SSSR count). The molecule has 1 aliphatic heterocycles. The maximum atomic E-state index is 10.9. The molecule has 5 nitrogen and oxygen atoms in total. The number of hydrogen-bond acceptors (Lipinski definition) is 5. The Morgan fingerprint density at radius 1 is 1.79 bits per heavy atom. The quantitative estimate of drug-likeness (QED) is 0.795. The molecule has 0 radical (unpaired) electrons. The fourth-order valence-corrected chi connectivity index (χ4v) is 2.18. The molecule has 1 aromatic rings. The molecule has 1 aromatic heterocycles. The van der Waals surface area contributed by atoms with Crippen LogP contribution in [-0.2, 0) is 11.3 Å². The van der Waals surface area contributed by atoms with Gasteiger partial charge < -0.3 is 5.11 Å². The van der Waals surface area contributed by atoms with Crippen LogP contribution in [0.2, 0.25) is 0 Å². The summed E-state index contributed by atoms with van der Waals surface area (Å²) in [7, 11) is 0. The maximum Gasteiger partial charge on any atom is 0.320 e. The van der Waals surface area contributed by atoms with E-state index in [0.29, 0.717) is 6.54 Å². The predicted octanol–water partition coefficient (Wildman–Crippen LogP) is 0.587. The third kappa shape index (κ3) is 1.91. The van der Waals surface area contributed by atoms with Gasteiger partial charge in [-0.05, 0) is 19.4 Å². The van der Waals surface area contributed by atoms with Gasteiger partial charge in [0.05, 0.1) is 23.6 Å². The van der Waals surface area contributed by atoms with Crippen molar-refractivity contribution in [1.82, 2.24) is 13.6 Å². The van der Waals surface area contributed by atoms with Gasteiger partial charge in [0.2, 0.25) is 0 Å². The van der Waals surface area contributed by atoms with E-state index < -0.39 is 5.97 Å². The van der Waals surface area contributed by atoms with Crippen LogP contribution in [0.4, 0.5) is 0 Å². The number of rotatable bonds is 3. The molecule has 0 saturated carbocycles. The summed E-state index contributed by atoms with van der Waals surface area (Å²) in [5.41, 5.74) is 0.864. The van der Waals surface area contributed by atoms with E-state index >= 15 is 0 Å². The number of likely N-dealkylation sites (tertiary alicyclic amines) is 1. The second kappa shape index (κ2) is 4.02. The molecule has 0 amide bonds. The van der Waals surface area contributed by atoms with Crippen LogP contribution in [0.15, 0.2) is 6.20 Å². The van der Waals surface area contributed by atoms with E-state index in [2.05, 4.69) is 8.75 Å². The highest BCUT2D eigenvalue weighted by Crippen LogP contribution is 2.19. The van der Waals surface area contributed by atoms with Gasteiger partial charge in [0.15, 0.2) is 0 Å². The normalized spacial score (nSPS) is 22.7. The third-order valence-corrected chi connectivity index (χ3v) is 2.94. The van der Waals surface area contributed by atoms with Crippen molar-refractivity contribution in [2.24, 2.45) is 0 Å². The number of carboxylic acid groups (broad SMARTS) is 1. The predicted molar refractivity (Wildman–Crippen MR) is 51.0 cm³/mol. The minimum Gasteiger partial charge on any atom is -0.480 e.